The topological polar surface area (TPSA) is 47.3 Å². The van der Waals surface area contributed by atoms with Gasteiger partial charge in [0.05, 0.1) is 6.61 Å². The van der Waals surface area contributed by atoms with E-state index in [9.17, 15) is 8.78 Å². The van der Waals surface area contributed by atoms with Crippen LogP contribution in [0.5, 0.6) is 0 Å². The number of hydrogen-bond acceptors (Lipinski definition) is 3. The van der Waals surface area contributed by atoms with Crippen molar-refractivity contribution in [2.45, 2.75) is 12.5 Å². The maximum atomic E-state index is 13.1. The minimum absolute atomic E-state index is 0.296. The molecule has 2 rings (SSSR count). The predicted octanol–water partition coefficient (Wildman–Crippen LogP) is 3.01. The van der Waals surface area contributed by atoms with Crippen LogP contribution in [0.1, 0.15) is 23.7 Å². The van der Waals surface area contributed by atoms with Crippen LogP contribution in [-0.4, -0.2) is 26.2 Å². The minimum atomic E-state index is -0.354. The van der Waals surface area contributed by atoms with Crippen molar-refractivity contribution >= 4 is 0 Å². The van der Waals surface area contributed by atoms with Crippen molar-refractivity contribution in [3.8, 4) is 0 Å². The van der Waals surface area contributed by atoms with Crippen LogP contribution in [0.25, 0.3) is 0 Å². The number of nitrogens with two attached hydrogens (primary N) is 1. The summed E-state index contributed by atoms with van der Waals surface area (Å²) in [6.07, 6.45) is 0.562. The van der Waals surface area contributed by atoms with Gasteiger partial charge >= 0.3 is 0 Å². The second-order valence-electron chi connectivity index (χ2n) is 5.25. The minimum Gasteiger partial charge on any atom is -0.367 e. The molecular formula is C18H22F2N2O. The predicted molar refractivity (Wildman–Crippen MR) is 87.1 cm³/mol. The first-order valence-corrected chi connectivity index (χ1v) is 7.74. The molecule has 23 heavy (non-hydrogen) atoms. The Labute approximate surface area is 135 Å². The van der Waals surface area contributed by atoms with E-state index in [1.807, 2.05) is 0 Å². The second-order valence-corrected chi connectivity index (χ2v) is 5.25. The lowest BCUT2D eigenvalue weighted by Gasteiger charge is -2.19. The van der Waals surface area contributed by atoms with Crippen molar-refractivity contribution in [1.82, 2.24) is 5.32 Å². The maximum absolute atomic E-state index is 13.1. The highest BCUT2D eigenvalue weighted by Crippen LogP contribution is 2.26. The largest absolute Gasteiger partial charge is 0.367 e. The van der Waals surface area contributed by atoms with Gasteiger partial charge in [-0.15, -0.1) is 0 Å². The summed E-state index contributed by atoms with van der Waals surface area (Å²) in [5.41, 5.74) is 7.10. The Bertz CT molecular complexity index is 527. The molecule has 0 heterocycles. The quantitative estimate of drug-likeness (QED) is 0.698. The molecular weight excluding hydrogens is 298 g/mol. The van der Waals surface area contributed by atoms with Crippen molar-refractivity contribution in [3.05, 3.63) is 71.3 Å². The molecule has 3 N–H and O–H groups in total. The molecule has 0 unspecified atom stereocenters. The average Bonchev–Trinajstić information content (AvgIpc) is 2.57. The number of ether oxygens (including phenoxy) is 1. The molecule has 0 atom stereocenters. The summed E-state index contributed by atoms with van der Waals surface area (Å²) in [7, 11) is 0. The van der Waals surface area contributed by atoms with Gasteiger partial charge in [0.25, 0.3) is 0 Å². The van der Waals surface area contributed by atoms with Crippen LogP contribution in [0.4, 0.5) is 8.78 Å². The summed E-state index contributed by atoms with van der Waals surface area (Å²) < 4.78 is 32.2. The molecule has 0 aliphatic rings. The van der Waals surface area contributed by atoms with Crippen molar-refractivity contribution < 1.29 is 13.5 Å². The van der Waals surface area contributed by atoms with Crippen LogP contribution in [0.2, 0.25) is 0 Å². The summed E-state index contributed by atoms with van der Waals surface area (Å²) in [6, 6.07) is 12.3. The highest BCUT2D eigenvalue weighted by Gasteiger charge is 2.15. The monoisotopic (exact) mass is 320 g/mol. The molecule has 0 aliphatic heterocycles. The van der Waals surface area contributed by atoms with E-state index in [-0.39, 0.29) is 17.7 Å². The van der Waals surface area contributed by atoms with Crippen LogP contribution in [0.3, 0.4) is 0 Å². The molecule has 0 spiro atoms. The van der Waals surface area contributed by atoms with Crippen LogP contribution < -0.4 is 11.1 Å². The van der Waals surface area contributed by atoms with E-state index in [4.69, 9.17) is 10.5 Å². The van der Waals surface area contributed by atoms with Crippen molar-refractivity contribution in [2.75, 3.05) is 26.2 Å². The Kier molecular flexibility index (Phi) is 7.13. The zero-order chi connectivity index (χ0) is 16.5. The van der Waals surface area contributed by atoms with Gasteiger partial charge in [0, 0.05) is 6.54 Å². The van der Waals surface area contributed by atoms with Crippen LogP contribution in [0.15, 0.2) is 48.5 Å². The Morgan fingerprint density at radius 2 is 1.39 bits per heavy atom. The summed E-state index contributed by atoms with van der Waals surface area (Å²) in [5, 5.41) is 3.24. The Morgan fingerprint density at radius 3 is 1.87 bits per heavy atom. The lowest BCUT2D eigenvalue weighted by molar-refractivity contribution is 0.0821. The summed E-state index contributed by atoms with van der Waals surface area (Å²) >= 11 is 0. The van der Waals surface area contributed by atoms with Gasteiger partial charge in [-0.3, -0.25) is 0 Å². The molecule has 2 aromatic rings. The van der Waals surface area contributed by atoms with Crippen LogP contribution in [-0.2, 0) is 4.74 Å². The van der Waals surface area contributed by atoms with Gasteiger partial charge in [-0.2, -0.15) is 0 Å². The number of benzene rings is 2. The molecule has 2 aromatic carbocycles. The maximum Gasteiger partial charge on any atom is 0.123 e. The molecule has 0 saturated carbocycles. The molecule has 3 nitrogen and oxygen atoms in total. The van der Waals surface area contributed by atoms with E-state index in [1.165, 1.54) is 24.3 Å². The Hall–Kier alpha value is -1.82. The van der Waals surface area contributed by atoms with E-state index >= 15 is 0 Å². The van der Waals surface area contributed by atoms with Crippen molar-refractivity contribution in [3.63, 3.8) is 0 Å². The molecule has 0 aliphatic carbocycles. The van der Waals surface area contributed by atoms with Gasteiger partial charge in [-0.1, -0.05) is 24.3 Å². The molecule has 0 bridgehead atoms. The first-order chi connectivity index (χ1) is 11.2. The molecule has 0 aromatic heterocycles. The molecule has 5 heteroatoms. The summed E-state index contributed by atoms with van der Waals surface area (Å²) in [4.78, 5) is 0. The SMILES string of the molecule is NCCCNCCOC(c1ccc(F)cc1)c1ccc(F)cc1. The normalized spacial score (nSPS) is 11.1. The number of hydrogen-bond donors (Lipinski definition) is 2. The van der Waals surface area contributed by atoms with Crippen LogP contribution in [0, 0.1) is 11.6 Å². The van der Waals surface area contributed by atoms with Gasteiger partial charge in [0.15, 0.2) is 0 Å². The van der Waals surface area contributed by atoms with E-state index < -0.39 is 0 Å². The van der Waals surface area contributed by atoms with Crippen molar-refractivity contribution in [1.29, 1.82) is 0 Å². The fourth-order valence-corrected chi connectivity index (χ4v) is 2.26. The smallest absolute Gasteiger partial charge is 0.123 e. The molecule has 0 radical (unpaired) electrons. The highest BCUT2D eigenvalue weighted by molar-refractivity contribution is 5.30. The lowest BCUT2D eigenvalue weighted by Crippen LogP contribution is -2.23. The summed E-state index contributed by atoms with van der Waals surface area (Å²) in [6.45, 7) is 2.68. The third-order valence-electron chi connectivity index (χ3n) is 3.47. The molecule has 0 saturated heterocycles. The molecule has 0 fully saturated rings. The first kappa shape index (κ1) is 17.5. The molecule has 0 amide bonds. The van der Waals surface area contributed by atoms with E-state index in [1.54, 1.807) is 24.3 Å². The number of nitrogens with one attached hydrogen (secondary N) is 1. The van der Waals surface area contributed by atoms with Gasteiger partial charge in [0.2, 0.25) is 0 Å². The average molecular weight is 320 g/mol. The Balaban J connectivity index is 2.02. The fraction of sp³-hybridized carbons (Fsp3) is 0.333. The van der Waals surface area contributed by atoms with E-state index in [0.717, 1.165) is 24.1 Å². The summed E-state index contributed by atoms with van der Waals surface area (Å²) in [5.74, 6) is -0.592. The number of rotatable bonds is 9. The first-order valence-electron chi connectivity index (χ1n) is 7.74. The van der Waals surface area contributed by atoms with Crippen molar-refractivity contribution in [2.24, 2.45) is 5.73 Å². The standard InChI is InChI=1S/C18H22F2N2O/c19-16-6-2-14(3-7-16)18(15-4-8-17(20)9-5-15)23-13-12-22-11-1-10-21/h2-9,18,22H,1,10-13,21H2. The van der Waals surface area contributed by atoms with E-state index in [0.29, 0.717) is 19.7 Å². The van der Waals surface area contributed by atoms with Gasteiger partial charge in [-0.05, 0) is 54.9 Å². The fourth-order valence-electron chi connectivity index (χ4n) is 2.26. The third kappa shape index (κ3) is 5.71. The van der Waals surface area contributed by atoms with Gasteiger partial charge in [-0.25, -0.2) is 8.78 Å². The van der Waals surface area contributed by atoms with Gasteiger partial charge < -0.3 is 15.8 Å². The highest BCUT2D eigenvalue weighted by atomic mass is 19.1. The Morgan fingerprint density at radius 1 is 0.870 bits per heavy atom. The second kappa shape index (κ2) is 9.35. The van der Waals surface area contributed by atoms with Gasteiger partial charge in [0.1, 0.15) is 17.7 Å². The molecule has 124 valence electrons. The zero-order valence-corrected chi connectivity index (χ0v) is 13.0. The number of halogens is 2. The van der Waals surface area contributed by atoms with Crippen LogP contribution >= 0.6 is 0 Å². The zero-order valence-electron chi connectivity index (χ0n) is 13.0. The lowest BCUT2D eigenvalue weighted by atomic mass is 10.0. The van der Waals surface area contributed by atoms with E-state index in [2.05, 4.69) is 5.32 Å². The third-order valence-corrected chi connectivity index (χ3v) is 3.47.